The fourth-order valence-electron chi connectivity index (χ4n) is 8.32. The molecule has 6 heteroatoms. The highest BCUT2D eigenvalue weighted by atomic mass is 16.6. The molecule has 0 fully saturated rings. The highest BCUT2D eigenvalue weighted by molar-refractivity contribution is 5.49. The van der Waals surface area contributed by atoms with E-state index in [4.69, 9.17) is 41.3 Å². The second-order valence-corrected chi connectivity index (χ2v) is 17.8. The molecule has 374 valence electrons. The maximum Gasteiger partial charge on any atom is 0.143 e. The van der Waals surface area contributed by atoms with Crippen LogP contribution >= 0.6 is 0 Å². The molecule has 0 aliphatic heterocycles. The molecule has 0 aliphatic carbocycles. The lowest BCUT2D eigenvalue weighted by atomic mass is 9.80. The van der Waals surface area contributed by atoms with Crippen molar-refractivity contribution in [3.05, 3.63) is 264 Å². The van der Waals surface area contributed by atoms with Crippen molar-refractivity contribution < 1.29 is 28.4 Å². The molecule has 0 aliphatic rings. The number of hydrogen-bond acceptors (Lipinski definition) is 6. The minimum atomic E-state index is -0.920. The fraction of sp³-hybridized carbons (Fsp3) is 0.235. The molecule has 0 heterocycles. The summed E-state index contributed by atoms with van der Waals surface area (Å²) in [6.45, 7) is 18.6. The molecule has 0 bridgehead atoms. The first-order chi connectivity index (χ1) is 36.3. The predicted octanol–water partition coefficient (Wildman–Crippen LogP) is 12.9. The van der Waals surface area contributed by atoms with E-state index in [0.29, 0.717) is 25.7 Å². The lowest BCUT2D eigenvalue weighted by Crippen LogP contribution is -2.38. The quantitative estimate of drug-likeness (QED) is 0.0255. The van der Waals surface area contributed by atoms with Gasteiger partial charge in [-0.15, -0.1) is 24.7 Å². The van der Waals surface area contributed by atoms with Crippen LogP contribution in [0.1, 0.15) is 59.1 Å². The Balaban J connectivity index is 1.02. The van der Waals surface area contributed by atoms with Crippen molar-refractivity contribution in [3.8, 4) is 48.4 Å². The van der Waals surface area contributed by atoms with Gasteiger partial charge in [0.25, 0.3) is 0 Å². The Bertz CT molecular complexity index is 2500. The van der Waals surface area contributed by atoms with Crippen LogP contribution in [0.3, 0.4) is 0 Å². The zero-order valence-electron chi connectivity index (χ0n) is 42.4. The maximum absolute atomic E-state index is 7.07. The third kappa shape index (κ3) is 16.4. The van der Waals surface area contributed by atoms with Crippen LogP contribution in [0.4, 0.5) is 0 Å². The van der Waals surface area contributed by atoms with Gasteiger partial charge in [-0.1, -0.05) is 220 Å². The van der Waals surface area contributed by atoms with E-state index in [1.165, 1.54) is 0 Å². The lowest BCUT2D eigenvalue weighted by molar-refractivity contribution is -0.0852. The van der Waals surface area contributed by atoms with Crippen molar-refractivity contribution in [1.82, 2.24) is 0 Å². The maximum atomic E-state index is 7.07. The minimum Gasteiger partial charge on any atom is -0.374 e. The second kappa shape index (κ2) is 30.3. The van der Waals surface area contributed by atoms with E-state index in [-0.39, 0.29) is 52.9 Å². The van der Waals surface area contributed by atoms with Crippen molar-refractivity contribution in [2.24, 2.45) is 0 Å². The number of rotatable bonds is 30. The molecule has 6 aromatic carbocycles. The van der Waals surface area contributed by atoms with Gasteiger partial charge in [0.1, 0.15) is 23.4 Å². The van der Waals surface area contributed by atoms with Gasteiger partial charge in [0, 0.05) is 25.7 Å². The van der Waals surface area contributed by atoms with Crippen LogP contribution in [-0.2, 0) is 39.6 Å². The third-order valence-electron chi connectivity index (χ3n) is 11.9. The van der Waals surface area contributed by atoms with E-state index < -0.39 is 23.4 Å². The summed E-state index contributed by atoms with van der Waals surface area (Å²) >= 11 is 0. The van der Waals surface area contributed by atoms with E-state index in [2.05, 4.69) is 135 Å². The van der Waals surface area contributed by atoms with Gasteiger partial charge in [-0.2, -0.15) is 0 Å². The Kier molecular flexibility index (Phi) is 22.8. The molecule has 0 amide bonds. The molecule has 0 saturated carbocycles. The number of ether oxygens (including phenoxy) is 6. The summed E-state index contributed by atoms with van der Waals surface area (Å²) in [5.41, 5.74) is 7.31. The van der Waals surface area contributed by atoms with E-state index in [1.807, 2.05) is 109 Å². The van der Waals surface area contributed by atoms with Gasteiger partial charge in [0.15, 0.2) is 0 Å². The Hall–Kier alpha value is -7.72. The monoisotopic (exact) mass is 978 g/mol. The molecule has 74 heavy (non-hydrogen) atoms. The zero-order valence-corrected chi connectivity index (χ0v) is 42.4. The summed E-state index contributed by atoms with van der Waals surface area (Å²) < 4.78 is 39.2. The largest absolute Gasteiger partial charge is 0.374 e. The van der Waals surface area contributed by atoms with Crippen molar-refractivity contribution in [3.63, 3.8) is 0 Å². The predicted molar refractivity (Wildman–Crippen MR) is 300 cm³/mol. The fourth-order valence-corrected chi connectivity index (χ4v) is 8.32. The Morgan fingerprint density at radius 3 is 0.878 bits per heavy atom. The molecule has 0 spiro atoms. The minimum absolute atomic E-state index is 0.213. The summed E-state index contributed by atoms with van der Waals surface area (Å²) in [5, 5.41) is 0. The molecule has 0 saturated heterocycles. The molecule has 2 atom stereocenters. The zero-order chi connectivity index (χ0) is 52.1. The van der Waals surface area contributed by atoms with Crippen molar-refractivity contribution in [2.75, 3.05) is 52.9 Å². The highest BCUT2D eigenvalue weighted by Crippen LogP contribution is 2.42. The third-order valence-corrected chi connectivity index (χ3v) is 11.9. The van der Waals surface area contributed by atoms with Gasteiger partial charge in [-0.3, -0.25) is 0 Å². The summed E-state index contributed by atoms with van der Waals surface area (Å²) in [5.74, 6) is 17.4. The summed E-state index contributed by atoms with van der Waals surface area (Å²) in [7, 11) is 0. The molecular weight excluding hydrogens is 913 g/mol. The van der Waals surface area contributed by atoms with E-state index in [1.54, 1.807) is 0 Å². The number of hydrogen-bond donors (Lipinski definition) is 0. The van der Waals surface area contributed by atoms with E-state index in [9.17, 15) is 0 Å². The first-order valence-electron chi connectivity index (χ1n) is 24.8. The van der Waals surface area contributed by atoms with Crippen molar-refractivity contribution in [2.45, 2.75) is 49.1 Å². The topological polar surface area (TPSA) is 55.4 Å². The molecule has 0 aromatic heterocycles. The molecule has 6 nitrogen and oxygen atoms in total. The van der Waals surface area contributed by atoms with Crippen molar-refractivity contribution in [1.29, 1.82) is 0 Å². The van der Waals surface area contributed by atoms with Gasteiger partial charge in [-0.05, 0) is 67.5 Å². The second-order valence-electron chi connectivity index (χ2n) is 17.8. The van der Waals surface area contributed by atoms with E-state index >= 15 is 0 Å². The number of benzene rings is 6. The van der Waals surface area contributed by atoms with Gasteiger partial charge >= 0.3 is 0 Å². The molecule has 6 rings (SSSR count). The summed E-state index contributed by atoms with van der Waals surface area (Å²) in [4.78, 5) is 0. The first kappa shape index (κ1) is 55.6. The molecule has 6 aromatic rings. The summed E-state index contributed by atoms with van der Waals surface area (Å²) in [6.07, 6.45) is 11.9. The van der Waals surface area contributed by atoms with Crippen LogP contribution in [0.2, 0.25) is 0 Å². The first-order valence-corrected chi connectivity index (χ1v) is 24.8. The molecular formula is C68H66O6. The average Bonchev–Trinajstić information content (AvgIpc) is 3.44. The van der Waals surface area contributed by atoms with Crippen LogP contribution in [0.25, 0.3) is 0 Å². The number of terminal acetylenes is 2. The summed E-state index contributed by atoms with van der Waals surface area (Å²) in [6, 6.07) is 61.4. The molecule has 0 unspecified atom stereocenters. The lowest BCUT2D eigenvalue weighted by Gasteiger charge is -2.37. The molecule has 0 N–H and O–H groups in total. The smallest absolute Gasteiger partial charge is 0.143 e. The Labute approximate surface area is 440 Å². The van der Waals surface area contributed by atoms with Gasteiger partial charge in [-0.25, -0.2) is 0 Å². The van der Waals surface area contributed by atoms with Gasteiger partial charge in [0.2, 0.25) is 0 Å². The SMILES string of the molecule is C#CCC(=C)CO[C@H](COCC(=C)CC#CC#CCC(=C)COC[C@H](COC(c1ccccc1)(c1ccccc1)c1ccccc1)OCC(=C)CC#C)COC(c1ccccc1)(c1ccccc1)c1ccccc1. The van der Waals surface area contributed by atoms with Crippen LogP contribution < -0.4 is 0 Å². The van der Waals surface area contributed by atoms with Crippen LogP contribution in [-0.4, -0.2) is 65.1 Å². The molecule has 0 radical (unpaired) electrons. The van der Waals surface area contributed by atoms with Gasteiger partial charge in [0.05, 0.1) is 52.9 Å². The van der Waals surface area contributed by atoms with Crippen LogP contribution in [0, 0.1) is 48.4 Å². The van der Waals surface area contributed by atoms with Crippen molar-refractivity contribution >= 4 is 0 Å². The van der Waals surface area contributed by atoms with Crippen LogP contribution in [0.5, 0.6) is 0 Å². The standard InChI is InChI=1S/C68H66O6/c1-7-31-55(3)49-71-65(53-73-67(59-35-19-11-20-36-59,60-37-21-12-22-38-60)61-39-23-13-24-40-61)51-69-47-57(5)33-17-9-10-18-34-58(6)48-70-52-66(72-50-56(4)32-8-2)54-74-68(62-41-25-14-26-42-62,63-43-27-15-28-44-63)64-45-29-16-30-46-64/h1-2,11-16,19-30,35-46,65-66H,3-6,31-34,47-54H2/t65-,66-/m1/s1. The highest BCUT2D eigenvalue weighted by Gasteiger charge is 2.40. The Morgan fingerprint density at radius 1 is 0.365 bits per heavy atom. The van der Waals surface area contributed by atoms with Crippen LogP contribution in [0.15, 0.2) is 231 Å². The van der Waals surface area contributed by atoms with Gasteiger partial charge < -0.3 is 28.4 Å². The Morgan fingerprint density at radius 2 is 0.622 bits per heavy atom. The average molecular weight is 979 g/mol. The van der Waals surface area contributed by atoms with E-state index in [0.717, 1.165) is 55.7 Å². The normalized spacial score (nSPS) is 11.8.